The molecule has 0 radical (unpaired) electrons. The normalized spacial score (nSPS) is 11.8. The number of unbranched alkanes of at least 4 members (excludes halogenated alkanes) is 1. The molecule has 146 valence electrons. The minimum Gasteiger partial charge on any atom is -0.357 e. The van der Waals surface area contributed by atoms with Gasteiger partial charge in [-0.05, 0) is 59.3 Å². The van der Waals surface area contributed by atoms with Crippen LogP contribution in [0.2, 0.25) is 0 Å². The number of rotatable bonds is 9. The molecule has 7 nitrogen and oxygen atoms in total. The van der Waals surface area contributed by atoms with Crippen molar-refractivity contribution in [3.05, 3.63) is 30.2 Å². The quantitative estimate of drug-likeness (QED) is 0.254. The number of hydrogen-bond acceptors (Lipinski definition) is 4. The van der Waals surface area contributed by atoms with Gasteiger partial charge >= 0.3 is 0 Å². The van der Waals surface area contributed by atoms with Gasteiger partial charge in [-0.2, -0.15) is 0 Å². The van der Waals surface area contributed by atoms with Crippen molar-refractivity contribution in [3.63, 3.8) is 0 Å². The summed E-state index contributed by atoms with van der Waals surface area (Å²) in [6, 6.07) is 6.48. The highest BCUT2D eigenvalue weighted by molar-refractivity contribution is 14.0. The van der Waals surface area contributed by atoms with Crippen LogP contribution in [-0.4, -0.2) is 58.2 Å². The first kappa shape index (κ1) is 22.6. The molecule has 0 fully saturated rings. The van der Waals surface area contributed by atoms with E-state index in [1.54, 1.807) is 0 Å². The van der Waals surface area contributed by atoms with E-state index in [0.717, 1.165) is 43.5 Å². The fourth-order valence-electron chi connectivity index (χ4n) is 2.44. The van der Waals surface area contributed by atoms with Crippen molar-refractivity contribution in [2.24, 2.45) is 4.99 Å². The van der Waals surface area contributed by atoms with Gasteiger partial charge in [0.2, 0.25) is 0 Å². The first-order chi connectivity index (χ1) is 12.1. The van der Waals surface area contributed by atoms with Gasteiger partial charge in [0.1, 0.15) is 6.54 Å². The van der Waals surface area contributed by atoms with Crippen LogP contribution in [0.1, 0.15) is 39.4 Å². The Labute approximate surface area is 173 Å². The largest absolute Gasteiger partial charge is 0.357 e. The number of aromatic nitrogens is 3. The van der Waals surface area contributed by atoms with Crippen LogP contribution in [0, 0.1) is 0 Å². The van der Waals surface area contributed by atoms with Gasteiger partial charge in [-0.25, -0.2) is 4.99 Å². The van der Waals surface area contributed by atoms with Gasteiger partial charge in [0.25, 0.3) is 0 Å². The van der Waals surface area contributed by atoms with Crippen molar-refractivity contribution >= 4 is 35.6 Å². The van der Waals surface area contributed by atoms with E-state index < -0.39 is 0 Å². The maximum absolute atomic E-state index is 4.63. The highest BCUT2D eigenvalue weighted by Crippen LogP contribution is 2.03. The van der Waals surface area contributed by atoms with Gasteiger partial charge in [0.05, 0.1) is 0 Å². The SMILES string of the molecule is CCNC(=NCc1nnc2ccccn12)NCCCCN(C)C(C)C.I. The van der Waals surface area contributed by atoms with Crippen LogP contribution in [0.15, 0.2) is 29.4 Å². The molecule has 0 atom stereocenters. The number of hydrogen-bond donors (Lipinski definition) is 2. The van der Waals surface area contributed by atoms with Crippen LogP contribution in [0.5, 0.6) is 0 Å². The van der Waals surface area contributed by atoms with Gasteiger partial charge in [-0.1, -0.05) is 6.07 Å². The predicted molar refractivity (Wildman–Crippen MR) is 118 cm³/mol. The Morgan fingerprint density at radius 2 is 2.04 bits per heavy atom. The van der Waals surface area contributed by atoms with Crippen molar-refractivity contribution in [2.45, 2.75) is 46.2 Å². The molecule has 0 aromatic carbocycles. The molecule has 0 amide bonds. The summed E-state index contributed by atoms with van der Waals surface area (Å²) in [6.45, 7) is 9.89. The van der Waals surface area contributed by atoms with Gasteiger partial charge < -0.3 is 15.5 Å². The van der Waals surface area contributed by atoms with Crippen LogP contribution in [0.4, 0.5) is 0 Å². The monoisotopic (exact) mass is 473 g/mol. The summed E-state index contributed by atoms with van der Waals surface area (Å²) in [4.78, 5) is 7.00. The van der Waals surface area contributed by atoms with E-state index in [1.165, 1.54) is 6.42 Å². The van der Waals surface area contributed by atoms with Crippen molar-refractivity contribution < 1.29 is 0 Å². The number of nitrogens with one attached hydrogen (secondary N) is 2. The molecule has 0 spiro atoms. The summed E-state index contributed by atoms with van der Waals surface area (Å²) in [5, 5.41) is 15.1. The third kappa shape index (κ3) is 7.06. The molecular formula is C18H32IN7. The molecule has 2 aromatic heterocycles. The standard InChI is InChI=1S/C18H31N7.HI/c1-5-19-18(20-11-7-9-12-24(4)15(2)3)21-14-17-23-22-16-10-6-8-13-25(16)17;/h6,8,10,13,15H,5,7,9,11-12,14H2,1-4H3,(H2,19,20,21);1H. The highest BCUT2D eigenvalue weighted by atomic mass is 127. The fourth-order valence-corrected chi connectivity index (χ4v) is 2.44. The zero-order valence-electron chi connectivity index (χ0n) is 16.3. The summed E-state index contributed by atoms with van der Waals surface area (Å²) in [5.41, 5.74) is 0.847. The average molecular weight is 473 g/mol. The molecule has 0 aliphatic rings. The van der Waals surface area contributed by atoms with Crippen molar-refractivity contribution in [3.8, 4) is 0 Å². The summed E-state index contributed by atoms with van der Waals surface area (Å²) in [6.07, 6.45) is 4.26. The molecule has 2 heterocycles. The van der Waals surface area contributed by atoms with E-state index in [4.69, 9.17) is 0 Å². The summed E-state index contributed by atoms with van der Waals surface area (Å²) < 4.78 is 1.97. The lowest BCUT2D eigenvalue weighted by Gasteiger charge is -2.20. The van der Waals surface area contributed by atoms with Crippen molar-refractivity contribution in [2.75, 3.05) is 26.7 Å². The number of halogens is 1. The maximum atomic E-state index is 4.63. The second-order valence-corrected chi connectivity index (χ2v) is 6.45. The molecular weight excluding hydrogens is 441 g/mol. The van der Waals surface area contributed by atoms with Crippen LogP contribution < -0.4 is 10.6 Å². The predicted octanol–water partition coefficient (Wildman–Crippen LogP) is 2.52. The minimum absolute atomic E-state index is 0. The Balaban J connectivity index is 0.00000338. The van der Waals surface area contributed by atoms with E-state index in [0.29, 0.717) is 12.6 Å². The zero-order chi connectivity index (χ0) is 18.1. The molecule has 0 saturated heterocycles. The Hall–Kier alpha value is -1.42. The lowest BCUT2D eigenvalue weighted by molar-refractivity contribution is 0.268. The number of guanidine groups is 1. The third-order valence-electron chi connectivity index (χ3n) is 4.22. The van der Waals surface area contributed by atoms with Crippen LogP contribution >= 0.6 is 24.0 Å². The Morgan fingerprint density at radius 1 is 1.23 bits per heavy atom. The number of aliphatic imine (C=N–C) groups is 1. The fraction of sp³-hybridized carbons (Fsp3) is 0.611. The molecule has 0 bridgehead atoms. The van der Waals surface area contributed by atoms with Gasteiger partial charge in [-0.15, -0.1) is 34.2 Å². The average Bonchev–Trinajstić information content (AvgIpc) is 3.02. The number of fused-ring (bicyclic) bond motifs is 1. The molecule has 2 rings (SSSR count). The topological polar surface area (TPSA) is 69.8 Å². The molecule has 0 aliphatic heterocycles. The number of pyridine rings is 1. The smallest absolute Gasteiger partial charge is 0.191 e. The first-order valence-electron chi connectivity index (χ1n) is 9.13. The summed E-state index contributed by atoms with van der Waals surface area (Å²) in [7, 11) is 2.17. The first-order valence-corrected chi connectivity index (χ1v) is 9.13. The van der Waals surface area contributed by atoms with Crippen LogP contribution in [0.3, 0.4) is 0 Å². The van der Waals surface area contributed by atoms with E-state index in [-0.39, 0.29) is 24.0 Å². The molecule has 2 N–H and O–H groups in total. The number of nitrogens with zero attached hydrogens (tertiary/aromatic N) is 5. The van der Waals surface area contributed by atoms with E-state index in [2.05, 4.69) is 58.5 Å². The second-order valence-electron chi connectivity index (χ2n) is 6.45. The third-order valence-corrected chi connectivity index (χ3v) is 4.22. The molecule has 26 heavy (non-hydrogen) atoms. The Morgan fingerprint density at radius 3 is 2.77 bits per heavy atom. The minimum atomic E-state index is 0. The van der Waals surface area contributed by atoms with Crippen LogP contribution in [-0.2, 0) is 6.54 Å². The zero-order valence-corrected chi connectivity index (χ0v) is 18.6. The van der Waals surface area contributed by atoms with Crippen LogP contribution in [0.25, 0.3) is 5.65 Å². The molecule has 0 saturated carbocycles. The Kier molecular flexibility index (Phi) is 10.5. The lowest BCUT2D eigenvalue weighted by atomic mass is 10.2. The van der Waals surface area contributed by atoms with Crippen molar-refractivity contribution in [1.82, 2.24) is 30.1 Å². The molecule has 2 aromatic rings. The summed E-state index contributed by atoms with van der Waals surface area (Å²) in [5.74, 6) is 1.67. The molecule has 0 unspecified atom stereocenters. The lowest BCUT2D eigenvalue weighted by Crippen LogP contribution is -2.38. The molecule has 0 aliphatic carbocycles. The van der Waals surface area contributed by atoms with E-state index in [1.807, 2.05) is 28.8 Å². The Bertz CT molecular complexity index is 668. The molecule has 8 heteroatoms. The van der Waals surface area contributed by atoms with Gasteiger partial charge in [0, 0.05) is 25.3 Å². The second kappa shape index (κ2) is 12.1. The van der Waals surface area contributed by atoms with Gasteiger partial charge in [0.15, 0.2) is 17.4 Å². The van der Waals surface area contributed by atoms with Gasteiger partial charge in [-0.3, -0.25) is 4.40 Å². The van der Waals surface area contributed by atoms with E-state index in [9.17, 15) is 0 Å². The van der Waals surface area contributed by atoms with Crippen molar-refractivity contribution in [1.29, 1.82) is 0 Å². The maximum Gasteiger partial charge on any atom is 0.191 e. The summed E-state index contributed by atoms with van der Waals surface area (Å²) >= 11 is 0. The van der Waals surface area contributed by atoms with E-state index >= 15 is 0 Å². The highest BCUT2D eigenvalue weighted by Gasteiger charge is 2.05.